The molecule has 102 valence electrons. The molecule has 1 rings (SSSR count). The van der Waals surface area contributed by atoms with Gasteiger partial charge in [-0.2, -0.15) is 0 Å². The maximum absolute atomic E-state index is 13.3. The summed E-state index contributed by atoms with van der Waals surface area (Å²) in [5, 5.41) is -0.596. The van der Waals surface area contributed by atoms with Gasteiger partial charge in [0.25, 0.3) is 10.0 Å². The van der Waals surface area contributed by atoms with Crippen molar-refractivity contribution in [2.45, 2.75) is 31.3 Å². The fourth-order valence-corrected chi connectivity index (χ4v) is 2.64. The average molecular weight is 275 g/mol. The summed E-state index contributed by atoms with van der Waals surface area (Å²) in [4.78, 5) is 3.52. The monoisotopic (exact) mass is 275 g/mol. The molecule has 0 aliphatic carbocycles. The van der Waals surface area contributed by atoms with Gasteiger partial charge in [-0.25, -0.2) is 22.5 Å². The molecule has 0 aliphatic rings. The fraction of sp³-hybridized carbons (Fsp3) is 0.545. The van der Waals surface area contributed by atoms with E-state index in [1.165, 1.54) is 12.3 Å². The van der Waals surface area contributed by atoms with Gasteiger partial charge in [0.1, 0.15) is 0 Å². The molecule has 3 N–H and O–H groups in total. The zero-order valence-electron chi connectivity index (χ0n) is 10.4. The lowest BCUT2D eigenvalue weighted by Gasteiger charge is -2.14. The molecule has 0 aliphatic heterocycles. The largest absolute Gasteiger partial charge is 0.327 e. The van der Waals surface area contributed by atoms with Crippen LogP contribution >= 0.6 is 0 Å². The highest BCUT2D eigenvalue weighted by Gasteiger charge is 2.21. The molecule has 0 saturated heterocycles. The van der Waals surface area contributed by atoms with Crippen LogP contribution in [0.15, 0.2) is 23.4 Å². The summed E-state index contributed by atoms with van der Waals surface area (Å²) < 4.78 is 39.1. The van der Waals surface area contributed by atoms with Crippen LogP contribution in [-0.4, -0.2) is 26.0 Å². The molecule has 0 aromatic carbocycles. The van der Waals surface area contributed by atoms with Gasteiger partial charge in [0.05, 0.1) is 0 Å². The number of sulfonamides is 1. The van der Waals surface area contributed by atoms with Crippen LogP contribution in [0.1, 0.15) is 20.3 Å². The first-order valence-electron chi connectivity index (χ1n) is 5.68. The molecular formula is C11H18FN3O2S. The predicted molar refractivity (Wildman–Crippen MR) is 66.8 cm³/mol. The number of rotatable bonds is 6. The van der Waals surface area contributed by atoms with E-state index in [0.29, 0.717) is 12.3 Å². The van der Waals surface area contributed by atoms with Gasteiger partial charge < -0.3 is 5.73 Å². The Balaban J connectivity index is 2.69. The number of hydrogen-bond donors (Lipinski definition) is 2. The van der Waals surface area contributed by atoms with Crippen LogP contribution in [0.25, 0.3) is 0 Å². The minimum absolute atomic E-state index is 0.0660. The first-order valence-corrected chi connectivity index (χ1v) is 7.17. The van der Waals surface area contributed by atoms with Gasteiger partial charge in [-0.05, 0) is 24.5 Å². The van der Waals surface area contributed by atoms with Crippen molar-refractivity contribution in [2.75, 3.05) is 6.54 Å². The van der Waals surface area contributed by atoms with Crippen LogP contribution in [0.4, 0.5) is 4.39 Å². The maximum atomic E-state index is 13.3. The molecule has 0 amide bonds. The average Bonchev–Trinajstić information content (AvgIpc) is 2.26. The number of halogens is 1. The number of nitrogens with one attached hydrogen (secondary N) is 1. The quantitative estimate of drug-likeness (QED) is 0.807. The van der Waals surface area contributed by atoms with Gasteiger partial charge in [-0.3, -0.25) is 0 Å². The second-order valence-corrected chi connectivity index (χ2v) is 6.21. The minimum Gasteiger partial charge on any atom is -0.327 e. The molecule has 0 radical (unpaired) electrons. The second kappa shape index (κ2) is 6.21. The Labute approximate surface area is 107 Å². The highest BCUT2D eigenvalue weighted by atomic mass is 32.2. The Morgan fingerprint density at radius 2 is 2.17 bits per heavy atom. The Morgan fingerprint density at radius 3 is 2.72 bits per heavy atom. The maximum Gasteiger partial charge on any atom is 0.261 e. The fourth-order valence-electron chi connectivity index (χ4n) is 1.54. The van der Waals surface area contributed by atoms with E-state index in [9.17, 15) is 12.8 Å². The topological polar surface area (TPSA) is 85.1 Å². The molecule has 1 aromatic heterocycles. The van der Waals surface area contributed by atoms with Gasteiger partial charge in [0.15, 0.2) is 5.82 Å². The van der Waals surface area contributed by atoms with Crippen molar-refractivity contribution in [3.8, 4) is 0 Å². The molecule has 0 fully saturated rings. The van der Waals surface area contributed by atoms with Crippen LogP contribution in [0.2, 0.25) is 0 Å². The van der Waals surface area contributed by atoms with Crippen molar-refractivity contribution in [2.24, 2.45) is 11.7 Å². The summed E-state index contributed by atoms with van der Waals surface area (Å²) in [6.45, 7) is 4.05. The van der Waals surface area contributed by atoms with Crippen molar-refractivity contribution in [3.63, 3.8) is 0 Å². The summed E-state index contributed by atoms with van der Waals surface area (Å²) in [5.41, 5.74) is 5.76. The van der Waals surface area contributed by atoms with Gasteiger partial charge in [-0.15, -0.1) is 0 Å². The Hall–Kier alpha value is -1.05. The number of hydrogen-bond acceptors (Lipinski definition) is 4. The van der Waals surface area contributed by atoms with Crippen molar-refractivity contribution in [3.05, 3.63) is 24.1 Å². The zero-order valence-corrected chi connectivity index (χ0v) is 11.2. The van der Waals surface area contributed by atoms with E-state index in [4.69, 9.17) is 5.73 Å². The summed E-state index contributed by atoms with van der Waals surface area (Å²) in [6.07, 6.45) is 1.92. The Kier molecular flexibility index (Phi) is 5.18. The molecule has 0 spiro atoms. The van der Waals surface area contributed by atoms with Crippen molar-refractivity contribution >= 4 is 10.0 Å². The molecule has 18 heavy (non-hydrogen) atoms. The normalized spacial score (nSPS) is 13.8. The van der Waals surface area contributed by atoms with E-state index in [2.05, 4.69) is 9.71 Å². The third-order valence-corrected chi connectivity index (χ3v) is 3.65. The molecule has 0 bridgehead atoms. The molecule has 7 heteroatoms. The number of aromatic nitrogens is 1. The van der Waals surface area contributed by atoms with Crippen LogP contribution in [0, 0.1) is 11.7 Å². The third kappa shape index (κ3) is 4.32. The predicted octanol–water partition coefficient (Wildman–Crippen LogP) is 0.872. The molecule has 1 unspecified atom stereocenters. The third-order valence-electron chi connectivity index (χ3n) is 2.29. The molecule has 1 heterocycles. The molecule has 1 aromatic rings. The Bertz CT molecular complexity index is 491. The highest BCUT2D eigenvalue weighted by molar-refractivity contribution is 7.89. The Morgan fingerprint density at radius 1 is 1.50 bits per heavy atom. The highest BCUT2D eigenvalue weighted by Crippen LogP contribution is 2.10. The summed E-state index contributed by atoms with van der Waals surface area (Å²) in [5.74, 6) is -0.501. The lowest BCUT2D eigenvalue weighted by Crippen LogP contribution is -2.38. The van der Waals surface area contributed by atoms with Gasteiger partial charge in [-0.1, -0.05) is 13.8 Å². The summed E-state index contributed by atoms with van der Waals surface area (Å²) >= 11 is 0. The van der Waals surface area contributed by atoms with E-state index in [1.807, 2.05) is 13.8 Å². The molecule has 1 atom stereocenters. The van der Waals surface area contributed by atoms with Crippen LogP contribution in [0.5, 0.6) is 0 Å². The lowest BCUT2D eigenvalue weighted by molar-refractivity contribution is 0.483. The molecular weight excluding hydrogens is 257 g/mol. The van der Waals surface area contributed by atoms with E-state index >= 15 is 0 Å². The summed E-state index contributed by atoms with van der Waals surface area (Å²) in [7, 11) is -3.94. The minimum atomic E-state index is -3.94. The number of pyridine rings is 1. The summed E-state index contributed by atoms with van der Waals surface area (Å²) in [6, 6.07) is 2.08. The van der Waals surface area contributed by atoms with E-state index in [-0.39, 0.29) is 12.6 Å². The lowest BCUT2D eigenvalue weighted by atomic mass is 10.1. The van der Waals surface area contributed by atoms with E-state index in [1.54, 1.807) is 0 Å². The van der Waals surface area contributed by atoms with Gasteiger partial charge in [0, 0.05) is 18.8 Å². The first kappa shape index (κ1) is 15.0. The zero-order chi connectivity index (χ0) is 13.8. The standard InChI is InChI=1S/C11H18FN3O2S/c1-8(2)6-9(13)7-15-18(16,17)11-10(12)4-3-5-14-11/h3-5,8-9,15H,6-7,13H2,1-2H3. The van der Waals surface area contributed by atoms with Gasteiger partial charge >= 0.3 is 0 Å². The van der Waals surface area contributed by atoms with E-state index < -0.39 is 20.9 Å². The SMILES string of the molecule is CC(C)CC(N)CNS(=O)(=O)c1ncccc1F. The smallest absolute Gasteiger partial charge is 0.261 e. The van der Waals surface area contributed by atoms with Crippen LogP contribution < -0.4 is 10.5 Å². The molecule has 0 saturated carbocycles. The van der Waals surface area contributed by atoms with Crippen molar-refractivity contribution in [1.29, 1.82) is 0 Å². The van der Waals surface area contributed by atoms with Crippen molar-refractivity contribution < 1.29 is 12.8 Å². The molecule has 5 nitrogen and oxygen atoms in total. The number of nitrogens with two attached hydrogens (primary N) is 1. The first-order chi connectivity index (χ1) is 8.33. The van der Waals surface area contributed by atoms with Gasteiger partial charge in [0.2, 0.25) is 5.03 Å². The van der Waals surface area contributed by atoms with Crippen LogP contribution in [0.3, 0.4) is 0 Å². The van der Waals surface area contributed by atoms with Crippen molar-refractivity contribution in [1.82, 2.24) is 9.71 Å². The van der Waals surface area contributed by atoms with Crippen LogP contribution in [-0.2, 0) is 10.0 Å². The number of nitrogens with zero attached hydrogens (tertiary/aromatic N) is 1. The van der Waals surface area contributed by atoms with E-state index in [0.717, 1.165) is 6.07 Å². The second-order valence-electron chi connectivity index (χ2n) is 4.53.